The van der Waals surface area contributed by atoms with E-state index in [2.05, 4.69) is 7.05 Å². The molecule has 0 unspecified atom stereocenters. The molecular formula is C17H25FINO2. The first kappa shape index (κ1) is 19.4. The Balaban J connectivity index is 0.00000242. The molecule has 2 atom stereocenters. The number of ether oxygens (including phenoxy) is 1. The van der Waals surface area contributed by atoms with Crippen molar-refractivity contribution in [3.8, 4) is 0 Å². The second kappa shape index (κ2) is 7.25. The summed E-state index contributed by atoms with van der Waals surface area (Å²) in [6, 6.07) is 6.40. The quantitative estimate of drug-likeness (QED) is 0.398. The Morgan fingerprint density at radius 1 is 1.32 bits per heavy atom. The fourth-order valence-electron chi connectivity index (χ4n) is 3.05. The zero-order chi connectivity index (χ0) is 15.7. The molecule has 1 saturated heterocycles. The van der Waals surface area contributed by atoms with Crippen molar-refractivity contribution in [1.29, 1.82) is 0 Å². The molecule has 0 saturated carbocycles. The Morgan fingerprint density at radius 2 is 1.91 bits per heavy atom. The van der Waals surface area contributed by atoms with Crippen LogP contribution in [0.5, 0.6) is 0 Å². The molecule has 1 heterocycles. The molecule has 0 aliphatic carbocycles. The minimum Gasteiger partial charge on any atom is -1.00 e. The molecule has 2 rings (SSSR count). The minimum absolute atomic E-state index is 0. The van der Waals surface area contributed by atoms with Gasteiger partial charge in [0.1, 0.15) is 18.0 Å². The molecule has 0 aromatic heterocycles. The van der Waals surface area contributed by atoms with E-state index in [1.807, 2.05) is 20.8 Å². The van der Waals surface area contributed by atoms with Crippen molar-refractivity contribution in [3.05, 3.63) is 35.6 Å². The van der Waals surface area contributed by atoms with Crippen molar-refractivity contribution in [1.82, 2.24) is 0 Å². The SMILES string of the molecule is CC(C)(C)OC(=O)[C@@H]1CCC[N@@+]1(C)Cc1ccc(F)cc1.[I-]. The Morgan fingerprint density at radius 3 is 2.45 bits per heavy atom. The zero-order valence-corrected chi connectivity index (χ0v) is 15.9. The van der Waals surface area contributed by atoms with Gasteiger partial charge in [0.2, 0.25) is 0 Å². The van der Waals surface area contributed by atoms with Crippen LogP contribution in [0, 0.1) is 5.82 Å². The highest BCUT2D eigenvalue weighted by molar-refractivity contribution is 5.75. The molecule has 1 aromatic carbocycles. The maximum absolute atomic E-state index is 13.0. The summed E-state index contributed by atoms with van der Waals surface area (Å²) in [5, 5.41) is 0. The van der Waals surface area contributed by atoms with Crippen molar-refractivity contribution < 1.29 is 42.4 Å². The molecule has 0 spiro atoms. The number of nitrogens with zero attached hydrogens (tertiary/aromatic N) is 1. The summed E-state index contributed by atoms with van der Waals surface area (Å²) in [6.45, 7) is 7.35. The molecule has 0 bridgehead atoms. The maximum atomic E-state index is 13.0. The van der Waals surface area contributed by atoms with Gasteiger partial charge < -0.3 is 33.2 Å². The molecule has 1 aliphatic heterocycles. The van der Waals surface area contributed by atoms with Gasteiger partial charge in [-0.25, -0.2) is 9.18 Å². The lowest BCUT2D eigenvalue weighted by Crippen LogP contribution is -3.00. The van der Waals surface area contributed by atoms with Gasteiger partial charge in [-0.05, 0) is 32.9 Å². The van der Waals surface area contributed by atoms with Crippen LogP contribution in [0.15, 0.2) is 24.3 Å². The average Bonchev–Trinajstić information content (AvgIpc) is 2.72. The van der Waals surface area contributed by atoms with Gasteiger partial charge in [0.15, 0.2) is 6.04 Å². The van der Waals surface area contributed by atoms with Crippen LogP contribution < -0.4 is 24.0 Å². The number of halogens is 2. The summed E-state index contributed by atoms with van der Waals surface area (Å²) >= 11 is 0. The molecule has 1 fully saturated rings. The summed E-state index contributed by atoms with van der Waals surface area (Å²) in [5.74, 6) is -0.351. The highest BCUT2D eigenvalue weighted by Gasteiger charge is 2.45. The lowest BCUT2D eigenvalue weighted by molar-refractivity contribution is -0.926. The number of hydrogen-bond acceptors (Lipinski definition) is 2. The van der Waals surface area contributed by atoms with E-state index in [1.165, 1.54) is 12.1 Å². The smallest absolute Gasteiger partial charge is 0.365 e. The lowest BCUT2D eigenvalue weighted by atomic mass is 10.1. The van der Waals surface area contributed by atoms with Gasteiger partial charge in [-0.1, -0.05) is 12.1 Å². The second-order valence-corrected chi connectivity index (χ2v) is 7.18. The van der Waals surface area contributed by atoms with E-state index < -0.39 is 5.60 Å². The number of esters is 1. The van der Waals surface area contributed by atoms with Gasteiger partial charge >= 0.3 is 5.97 Å². The lowest BCUT2D eigenvalue weighted by Gasteiger charge is -2.36. The van der Waals surface area contributed by atoms with Crippen LogP contribution in [0.1, 0.15) is 39.2 Å². The molecule has 0 radical (unpaired) electrons. The molecule has 22 heavy (non-hydrogen) atoms. The van der Waals surface area contributed by atoms with Crippen LogP contribution >= 0.6 is 0 Å². The van der Waals surface area contributed by atoms with Gasteiger partial charge in [0.05, 0.1) is 13.6 Å². The Kier molecular flexibility index (Phi) is 6.38. The van der Waals surface area contributed by atoms with E-state index in [0.29, 0.717) is 4.48 Å². The zero-order valence-electron chi connectivity index (χ0n) is 13.7. The summed E-state index contributed by atoms with van der Waals surface area (Å²) in [6.07, 6.45) is 1.87. The number of rotatable bonds is 3. The molecule has 1 aliphatic rings. The number of carbonyl (C=O) groups is 1. The van der Waals surface area contributed by atoms with Gasteiger partial charge in [0, 0.05) is 18.4 Å². The highest BCUT2D eigenvalue weighted by Crippen LogP contribution is 2.29. The van der Waals surface area contributed by atoms with E-state index in [-0.39, 0.29) is 41.8 Å². The van der Waals surface area contributed by atoms with Crippen LogP contribution in [0.3, 0.4) is 0 Å². The second-order valence-electron chi connectivity index (χ2n) is 7.18. The summed E-state index contributed by atoms with van der Waals surface area (Å²) < 4.78 is 19.2. The fraction of sp³-hybridized carbons (Fsp3) is 0.588. The Hall–Kier alpha value is -0.690. The molecular weight excluding hydrogens is 396 g/mol. The molecule has 1 aromatic rings. The van der Waals surface area contributed by atoms with Crippen molar-refractivity contribution in [2.45, 2.75) is 51.8 Å². The molecule has 0 amide bonds. The largest absolute Gasteiger partial charge is 1.00 e. The first-order valence-corrected chi connectivity index (χ1v) is 7.51. The van der Waals surface area contributed by atoms with Gasteiger partial charge in [-0.2, -0.15) is 0 Å². The molecule has 124 valence electrons. The van der Waals surface area contributed by atoms with Gasteiger partial charge in [-0.15, -0.1) is 0 Å². The Labute approximate surface area is 149 Å². The molecule has 0 N–H and O–H groups in total. The highest BCUT2D eigenvalue weighted by atomic mass is 127. The van der Waals surface area contributed by atoms with Crippen molar-refractivity contribution in [2.75, 3.05) is 13.6 Å². The number of carbonyl (C=O) groups excluding carboxylic acids is 1. The van der Waals surface area contributed by atoms with E-state index in [1.54, 1.807) is 12.1 Å². The number of likely N-dealkylation sites (N-methyl/N-ethyl adjacent to an activating group) is 1. The monoisotopic (exact) mass is 421 g/mol. The first-order chi connectivity index (χ1) is 9.70. The predicted octanol–water partition coefficient (Wildman–Crippen LogP) is 0.280. The van der Waals surface area contributed by atoms with Crippen LogP contribution in [-0.4, -0.2) is 35.7 Å². The third-order valence-electron chi connectivity index (χ3n) is 4.03. The maximum Gasteiger partial charge on any atom is 0.365 e. The predicted molar refractivity (Wildman–Crippen MR) is 80.0 cm³/mol. The average molecular weight is 421 g/mol. The number of benzene rings is 1. The molecule has 3 nitrogen and oxygen atoms in total. The topological polar surface area (TPSA) is 26.3 Å². The van der Waals surface area contributed by atoms with Crippen molar-refractivity contribution in [2.24, 2.45) is 0 Å². The van der Waals surface area contributed by atoms with Crippen LogP contribution in [0.2, 0.25) is 0 Å². The van der Waals surface area contributed by atoms with Crippen molar-refractivity contribution >= 4 is 5.97 Å². The van der Waals surface area contributed by atoms with Crippen LogP contribution in [0.25, 0.3) is 0 Å². The summed E-state index contributed by atoms with van der Waals surface area (Å²) in [7, 11) is 2.09. The van der Waals surface area contributed by atoms with Gasteiger partial charge in [0.25, 0.3) is 0 Å². The van der Waals surface area contributed by atoms with Crippen LogP contribution in [0.4, 0.5) is 4.39 Å². The van der Waals surface area contributed by atoms with E-state index >= 15 is 0 Å². The first-order valence-electron chi connectivity index (χ1n) is 7.51. The Bertz CT molecular complexity index is 512. The summed E-state index contributed by atoms with van der Waals surface area (Å²) in [5.41, 5.74) is 0.592. The van der Waals surface area contributed by atoms with Crippen molar-refractivity contribution in [3.63, 3.8) is 0 Å². The van der Waals surface area contributed by atoms with E-state index in [4.69, 9.17) is 4.74 Å². The molecule has 5 heteroatoms. The number of quaternary nitrogens is 1. The number of likely N-dealkylation sites (tertiary alicyclic amines) is 1. The normalized spacial score (nSPS) is 24.7. The minimum atomic E-state index is -0.458. The standard InChI is InChI=1S/C17H25FNO2.HI/c1-17(2,3)21-16(20)15-6-5-11-19(15,4)12-13-7-9-14(18)10-8-13;/h7-10,15H,5-6,11-12H2,1-4H3;1H/q+1;/p-1/t15-,19-;/m0./s1. The third-order valence-corrected chi connectivity index (χ3v) is 4.03. The van der Waals surface area contributed by atoms with E-state index in [9.17, 15) is 9.18 Å². The fourth-order valence-corrected chi connectivity index (χ4v) is 3.05. The van der Waals surface area contributed by atoms with Gasteiger partial charge in [-0.3, -0.25) is 0 Å². The van der Waals surface area contributed by atoms with Crippen LogP contribution in [-0.2, 0) is 16.1 Å². The third kappa shape index (κ3) is 4.91. The van der Waals surface area contributed by atoms with E-state index in [0.717, 1.165) is 31.5 Å². The summed E-state index contributed by atoms with van der Waals surface area (Å²) in [4.78, 5) is 12.4. The number of hydrogen-bond donors (Lipinski definition) is 0.